The van der Waals surface area contributed by atoms with Crippen molar-refractivity contribution in [3.05, 3.63) is 88.4 Å². The van der Waals surface area contributed by atoms with Crippen LogP contribution < -0.4 is 14.4 Å². The van der Waals surface area contributed by atoms with E-state index in [1.54, 1.807) is 69.3 Å². The number of hydrogen-bond acceptors (Lipinski definition) is 5. The summed E-state index contributed by atoms with van der Waals surface area (Å²) >= 11 is 12.4. The molecule has 8 nitrogen and oxygen atoms in total. The molecule has 11 heteroatoms. The second-order valence-electron chi connectivity index (χ2n) is 8.80. The van der Waals surface area contributed by atoms with E-state index in [1.165, 1.54) is 29.2 Å². The zero-order valence-corrected chi connectivity index (χ0v) is 25.0. The second-order valence-corrected chi connectivity index (χ2v) is 11.5. The number of amides is 2. The molecule has 0 saturated heterocycles. The molecule has 3 aromatic rings. The molecular formula is C29H33Cl2N3O5S. The van der Waals surface area contributed by atoms with E-state index < -0.39 is 28.5 Å². The molecule has 0 aliphatic heterocycles. The van der Waals surface area contributed by atoms with E-state index in [-0.39, 0.29) is 29.6 Å². The van der Waals surface area contributed by atoms with Gasteiger partial charge in [0.2, 0.25) is 11.8 Å². The fraction of sp³-hybridized carbons (Fsp3) is 0.310. The predicted molar refractivity (Wildman–Crippen MR) is 158 cm³/mol. The number of rotatable bonds is 13. The van der Waals surface area contributed by atoms with Crippen LogP contribution in [0.4, 0.5) is 5.69 Å². The quantitative estimate of drug-likeness (QED) is 0.276. The highest BCUT2D eigenvalue weighted by atomic mass is 35.5. The number of halogens is 2. The standard InChI is InChI=1S/C29H33Cl2N3O5S/c1-4-25(29(36)32-5-2)33(19-21-11-7-8-12-24(21)31)28(35)20-34(26-13-9-10-14-27(26)39-6-3)40(37,38)23-17-15-22(30)16-18-23/h7-18,25H,4-6,19-20H2,1-3H3,(H,32,36)/t25-/m1/s1. The SMILES string of the molecule is CCNC(=O)[C@@H](CC)N(Cc1ccccc1Cl)C(=O)CN(c1ccccc1OCC)S(=O)(=O)c1ccc(Cl)cc1. The molecule has 0 radical (unpaired) electrons. The van der Waals surface area contributed by atoms with Gasteiger partial charge in [0.15, 0.2) is 0 Å². The number of anilines is 1. The first-order valence-electron chi connectivity index (χ1n) is 12.9. The average molecular weight is 607 g/mol. The molecule has 0 fully saturated rings. The lowest BCUT2D eigenvalue weighted by molar-refractivity contribution is -0.140. The number of ether oxygens (including phenoxy) is 1. The fourth-order valence-corrected chi connectivity index (χ4v) is 5.96. The summed E-state index contributed by atoms with van der Waals surface area (Å²) in [5, 5.41) is 3.57. The Labute approximate surface area is 245 Å². The smallest absolute Gasteiger partial charge is 0.264 e. The van der Waals surface area contributed by atoms with Crippen LogP contribution in [0.5, 0.6) is 5.75 Å². The van der Waals surface area contributed by atoms with Gasteiger partial charge in [-0.25, -0.2) is 8.42 Å². The minimum absolute atomic E-state index is 0.0100. The first-order valence-corrected chi connectivity index (χ1v) is 15.1. The van der Waals surface area contributed by atoms with Gasteiger partial charge in [-0.15, -0.1) is 0 Å². The Balaban J connectivity index is 2.12. The van der Waals surface area contributed by atoms with E-state index in [9.17, 15) is 18.0 Å². The number of carbonyl (C=O) groups excluding carboxylic acids is 2. The number of nitrogens with one attached hydrogen (secondary N) is 1. The highest BCUT2D eigenvalue weighted by Gasteiger charge is 2.34. The number of sulfonamides is 1. The number of carbonyl (C=O) groups is 2. The molecular weight excluding hydrogens is 573 g/mol. The largest absolute Gasteiger partial charge is 0.492 e. The lowest BCUT2D eigenvalue weighted by Gasteiger charge is -2.33. The molecule has 0 unspecified atom stereocenters. The summed E-state index contributed by atoms with van der Waals surface area (Å²) in [6, 6.07) is 18.4. The van der Waals surface area contributed by atoms with Gasteiger partial charge in [0.1, 0.15) is 18.3 Å². The van der Waals surface area contributed by atoms with Gasteiger partial charge < -0.3 is 15.0 Å². The van der Waals surface area contributed by atoms with Gasteiger partial charge in [-0.1, -0.05) is 60.5 Å². The van der Waals surface area contributed by atoms with Crippen molar-refractivity contribution in [3.63, 3.8) is 0 Å². The third-order valence-electron chi connectivity index (χ3n) is 6.15. The molecule has 1 N–H and O–H groups in total. The molecule has 0 aliphatic rings. The Morgan fingerprint density at radius 2 is 1.57 bits per heavy atom. The van der Waals surface area contributed by atoms with Crippen molar-refractivity contribution >= 4 is 50.7 Å². The number of para-hydroxylation sites is 2. The van der Waals surface area contributed by atoms with Gasteiger partial charge in [0, 0.05) is 23.1 Å². The molecule has 0 aliphatic carbocycles. The molecule has 0 aromatic heterocycles. The Bertz CT molecular complexity index is 1420. The summed E-state index contributed by atoms with van der Waals surface area (Å²) in [7, 11) is -4.26. The zero-order chi connectivity index (χ0) is 29.3. The topological polar surface area (TPSA) is 96.0 Å². The Morgan fingerprint density at radius 1 is 0.925 bits per heavy atom. The minimum Gasteiger partial charge on any atom is -0.492 e. The molecule has 3 rings (SSSR count). The van der Waals surface area contributed by atoms with Crippen molar-refractivity contribution in [2.24, 2.45) is 0 Å². The summed E-state index contributed by atoms with van der Waals surface area (Å²) in [6.07, 6.45) is 0.307. The van der Waals surface area contributed by atoms with Crippen LogP contribution in [0.1, 0.15) is 32.8 Å². The predicted octanol–water partition coefficient (Wildman–Crippen LogP) is 5.53. The highest BCUT2D eigenvalue weighted by Crippen LogP contribution is 2.33. The van der Waals surface area contributed by atoms with Crippen molar-refractivity contribution in [1.82, 2.24) is 10.2 Å². The van der Waals surface area contributed by atoms with Crippen LogP contribution >= 0.6 is 23.2 Å². The average Bonchev–Trinajstić information content (AvgIpc) is 2.93. The van der Waals surface area contributed by atoms with Gasteiger partial charge in [-0.05, 0) is 68.3 Å². The van der Waals surface area contributed by atoms with Crippen molar-refractivity contribution in [1.29, 1.82) is 0 Å². The maximum Gasteiger partial charge on any atom is 0.264 e. The molecule has 1 atom stereocenters. The maximum atomic E-state index is 14.1. The van der Waals surface area contributed by atoms with Crippen LogP contribution in [0, 0.1) is 0 Å². The van der Waals surface area contributed by atoms with E-state index in [0.29, 0.717) is 34.3 Å². The van der Waals surface area contributed by atoms with E-state index in [4.69, 9.17) is 27.9 Å². The monoisotopic (exact) mass is 605 g/mol. The number of hydrogen-bond donors (Lipinski definition) is 1. The normalized spacial score (nSPS) is 11.9. The van der Waals surface area contributed by atoms with Gasteiger partial charge in [-0.3, -0.25) is 13.9 Å². The lowest BCUT2D eigenvalue weighted by atomic mass is 10.1. The van der Waals surface area contributed by atoms with Gasteiger partial charge in [-0.2, -0.15) is 0 Å². The summed E-state index contributed by atoms with van der Waals surface area (Å²) in [5.41, 5.74) is 0.818. The van der Waals surface area contributed by atoms with Crippen molar-refractivity contribution in [2.75, 3.05) is 24.0 Å². The van der Waals surface area contributed by atoms with Gasteiger partial charge >= 0.3 is 0 Å². The molecule has 2 amide bonds. The minimum atomic E-state index is -4.26. The summed E-state index contributed by atoms with van der Waals surface area (Å²) < 4.78 is 34.7. The van der Waals surface area contributed by atoms with Crippen LogP contribution in [0.2, 0.25) is 10.0 Å². The third-order valence-corrected chi connectivity index (χ3v) is 8.54. The van der Waals surface area contributed by atoms with Crippen molar-refractivity contribution < 1.29 is 22.7 Å². The summed E-state index contributed by atoms with van der Waals surface area (Å²) in [5.74, 6) is -0.627. The van der Waals surface area contributed by atoms with E-state index in [1.807, 2.05) is 0 Å². The first kappa shape index (κ1) is 31.3. The molecule has 40 heavy (non-hydrogen) atoms. The summed E-state index contributed by atoms with van der Waals surface area (Å²) in [6.45, 7) is 5.44. The molecule has 0 heterocycles. The molecule has 3 aromatic carbocycles. The summed E-state index contributed by atoms with van der Waals surface area (Å²) in [4.78, 5) is 28.4. The van der Waals surface area contributed by atoms with Crippen LogP contribution in [0.3, 0.4) is 0 Å². The fourth-order valence-electron chi connectivity index (χ4n) is 4.21. The van der Waals surface area contributed by atoms with Crippen molar-refractivity contribution in [3.8, 4) is 5.75 Å². The second kappa shape index (κ2) is 14.4. The van der Waals surface area contributed by atoms with Crippen LogP contribution in [0.15, 0.2) is 77.7 Å². The first-order chi connectivity index (χ1) is 19.1. The zero-order valence-electron chi connectivity index (χ0n) is 22.6. The number of benzene rings is 3. The Hall–Kier alpha value is -3.27. The number of likely N-dealkylation sites (N-methyl/N-ethyl adjacent to an activating group) is 1. The van der Waals surface area contributed by atoms with Crippen LogP contribution in [-0.2, 0) is 26.2 Å². The molecule has 214 valence electrons. The third kappa shape index (κ3) is 7.47. The lowest BCUT2D eigenvalue weighted by Crippen LogP contribution is -2.52. The highest BCUT2D eigenvalue weighted by molar-refractivity contribution is 7.92. The van der Waals surface area contributed by atoms with Crippen LogP contribution in [0.25, 0.3) is 0 Å². The maximum absolute atomic E-state index is 14.1. The van der Waals surface area contributed by atoms with E-state index in [0.717, 1.165) is 4.31 Å². The van der Waals surface area contributed by atoms with Crippen molar-refractivity contribution in [2.45, 2.75) is 44.7 Å². The Morgan fingerprint density at radius 3 is 2.20 bits per heavy atom. The molecule has 0 bridgehead atoms. The molecule has 0 saturated carbocycles. The Kier molecular flexibility index (Phi) is 11.2. The van der Waals surface area contributed by atoms with Gasteiger partial charge in [0.25, 0.3) is 10.0 Å². The van der Waals surface area contributed by atoms with Gasteiger partial charge in [0.05, 0.1) is 17.2 Å². The van der Waals surface area contributed by atoms with E-state index in [2.05, 4.69) is 5.32 Å². The number of nitrogens with zero attached hydrogens (tertiary/aromatic N) is 2. The molecule has 0 spiro atoms. The van der Waals surface area contributed by atoms with E-state index >= 15 is 0 Å². The van der Waals surface area contributed by atoms with Crippen LogP contribution in [-0.4, -0.2) is 50.9 Å².